The van der Waals surface area contributed by atoms with Gasteiger partial charge in [-0.1, -0.05) is 61.9 Å². The van der Waals surface area contributed by atoms with Crippen molar-refractivity contribution < 1.29 is 8.42 Å². The van der Waals surface area contributed by atoms with Crippen LogP contribution < -0.4 is 0 Å². The van der Waals surface area contributed by atoms with Gasteiger partial charge in [0.05, 0.1) is 4.90 Å². The number of hydrogen-bond acceptors (Lipinski definition) is 2. The maximum Gasteiger partial charge on any atom is 0.242 e. The molecule has 2 aromatic carbocycles. The van der Waals surface area contributed by atoms with E-state index in [4.69, 9.17) is 0 Å². The lowest BCUT2D eigenvalue weighted by Gasteiger charge is -2.24. The van der Waals surface area contributed by atoms with Gasteiger partial charge in [-0.15, -0.1) is 0 Å². The Morgan fingerprint density at radius 1 is 0.955 bits per heavy atom. The molecule has 0 fully saturated rings. The van der Waals surface area contributed by atoms with Crippen molar-refractivity contribution in [1.29, 1.82) is 0 Å². The number of rotatable bonds is 7. The highest BCUT2D eigenvalue weighted by Gasteiger charge is 2.23. The third-order valence-corrected chi connectivity index (χ3v) is 5.67. The van der Waals surface area contributed by atoms with Crippen LogP contribution in [0.1, 0.15) is 31.2 Å². The maximum atomic E-state index is 12.6. The number of hydrogen-bond donors (Lipinski definition) is 0. The van der Waals surface area contributed by atoms with Crippen LogP contribution in [-0.4, -0.2) is 26.3 Å². The molecule has 0 spiro atoms. The van der Waals surface area contributed by atoms with Crippen LogP contribution in [0.5, 0.6) is 0 Å². The first-order chi connectivity index (χ1) is 10.6. The lowest BCUT2D eigenvalue weighted by atomic mass is 9.94. The fourth-order valence-corrected chi connectivity index (χ4v) is 3.86. The minimum atomic E-state index is -3.43. The summed E-state index contributed by atoms with van der Waals surface area (Å²) >= 11 is 0. The summed E-state index contributed by atoms with van der Waals surface area (Å²) in [6.07, 6.45) is 2.00. The zero-order valence-corrected chi connectivity index (χ0v) is 14.0. The third-order valence-electron chi connectivity index (χ3n) is 3.84. The Balaban J connectivity index is 2.20. The summed E-state index contributed by atoms with van der Waals surface area (Å²) in [6, 6.07) is 18.7. The Bertz CT molecular complexity index is 669. The molecule has 1 unspecified atom stereocenters. The quantitative estimate of drug-likeness (QED) is 0.777. The molecule has 0 saturated heterocycles. The van der Waals surface area contributed by atoms with Crippen molar-refractivity contribution in [2.24, 2.45) is 0 Å². The predicted molar refractivity (Wildman–Crippen MR) is 90.3 cm³/mol. The molecule has 22 heavy (non-hydrogen) atoms. The average molecular weight is 317 g/mol. The molecule has 0 aliphatic carbocycles. The van der Waals surface area contributed by atoms with Crippen LogP contribution >= 0.6 is 0 Å². The highest BCUT2D eigenvalue weighted by atomic mass is 32.2. The van der Waals surface area contributed by atoms with Gasteiger partial charge in [-0.25, -0.2) is 12.7 Å². The summed E-state index contributed by atoms with van der Waals surface area (Å²) in [5.74, 6) is 0.217. The summed E-state index contributed by atoms with van der Waals surface area (Å²) in [5, 5.41) is 0. The van der Waals surface area contributed by atoms with E-state index >= 15 is 0 Å². The Hall–Kier alpha value is -1.65. The van der Waals surface area contributed by atoms with E-state index in [9.17, 15) is 8.42 Å². The van der Waals surface area contributed by atoms with Gasteiger partial charge in [0.2, 0.25) is 10.0 Å². The van der Waals surface area contributed by atoms with Crippen molar-refractivity contribution in [3.05, 3.63) is 66.2 Å². The van der Waals surface area contributed by atoms with Gasteiger partial charge in [0.25, 0.3) is 0 Å². The van der Waals surface area contributed by atoms with Gasteiger partial charge in [-0.2, -0.15) is 0 Å². The summed E-state index contributed by atoms with van der Waals surface area (Å²) in [4.78, 5) is 0.348. The first-order valence-electron chi connectivity index (χ1n) is 7.62. The van der Waals surface area contributed by atoms with Crippen molar-refractivity contribution in [2.75, 3.05) is 13.6 Å². The Morgan fingerprint density at radius 2 is 1.50 bits per heavy atom. The van der Waals surface area contributed by atoms with Crippen molar-refractivity contribution in [2.45, 2.75) is 30.6 Å². The van der Waals surface area contributed by atoms with Crippen LogP contribution in [0.25, 0.3) is 0 Å². The maximum absolute atomic E-state index is 12.6. The number of likely N-dealkylation sites (N-methyl/N-ethyl adjacent to an activating group) is 1. The molecular formula is C18H23NO2S. The summed E-state index contributed by atoms with van der Waals surface area (Å²) < 4.78 is 26.7. The molecule has 2 rings (SSSR count). The van der Waals surface area contributed by atoms with E-state index in [-0.39, 0.29) is 5.92 Å². The van der Waals surface area contributed by atoms with E-state index in [1.807, 2.05) is 24.3 Å². The molecule has 3 nitrogen and oxygen atoms in total. The Labute approximate surface area is 133 Å². The lowest BCUT2D eigenvalue weighted by Crippen LogP contribution is -2.31. The molecule has 0 aliphatic rings. The second-order valence-corrected chi connectivity index (χ2v) is 7.54. The number of nitrogens with zero attached hydrogens (tertiary/aromatic N) is 1. The van der Waals surface area contributed by atoms with Crippen LogP contribution in [0.3, 0.4) is 0 Å². The molecule has 0 N–H and O–H groups in total. The molecule has 0 bridgehead atoms. The van der Waals surface area contributed by atoms with E-state index in [0.717, 1.165) is 12.8 Å². The highest BCUT2D eigenvalue weighted by Crippen LogP contribution is 2.24. The zero-order chi connectivity index (χ0) is 16.0. The largest absolute Gasteiger partial charge is 0.242 e. The third kappa shape index (κ3) is 3.96. The molecule has 0 heterocycles. The minimum absolute atomic E-state index is 0.217. The van der Waals surface area contributed by atoms with Crippen LogP contribution in [0, 0.1) is 0 Å². The molecule has 4 heteroatoms. The van der Waals surface area contributed by atoms with E-state index in [0.29, 0.717) is 11.4 Å². The van der Waals surface area contributed by atoms with Gasteiger partial charge in [0, 0.05) is 13.6 Å². The second kappa shape index (κ2) is 7.56. The fraction of sp³-hybridized carbons (Fsp3) is 0.333. The second-order valence-electron chi connectivity index (χ2n) is 5.49. The Kier molecular flexibility index (Phi) is 5.75. The molecule has 0 radical (unpaired) electrons. The summed E-state index contributed by atoms with van der Waals surface area (Å²) in [5.41, 5.74) is 1.19. The van der Waals surface area contributed by atoms with Gasteiger partial charge < -0.3 is 0 Å². The van der Waals surface area contributed by atoms with Crippen molar-refractivity contribution in [1.82, 2.24) is 4.31 Å². The zero-order valence-electron chi connectivity index (χ0n) is 13.1. The number of benzene rings is 2. The minimum Gasteiger partial charge on any atom is -0.207 e. The SMILES string of the molecule is CCCC(CN(C)S(=O)(=O)c1ccccc1)c1ccccc1. The van der Waals surface area contributed by atoms with Gasteiger partial charge in [0.1, 0.15) is 0 Å². The molecule has 0 aromatic heterocycles. The van der Waals surface area contributed by atoms with E-state index < -0.39 is 10.0 Å². The standard InChI is InChI=1S/C18H23NO2S/c1-3-10-17(16-11-6-4-7-12-16)15-19(2)22(20,21)18-13-8-5-9-14-18/h4-9,11-14,17H,3,10,15H2,1-2H3. The summed E-state index contributed by atoms with van der Waals surface area (Å²) in [7, 11) is -1.77. The van der Waals surface area contributed by atoms with Gasteiger partial charge >= 0.3 is 0 Å². The number of sulfonamides is 1. The normalized spacial score (nSPS) is 13.2. The smallest absolute Gasteiger partial charge is 0.207 e. The molecular weight excluding hydrogens is 294 g/mol. The molecule has 0 aliphatic heterocycles. The van der Waals surface area contributed by atoms with Crippen molar-refractivity contribution >= 4 is 10.0 Å². The Morgan fingerprint density at radius 3 is 2.05 bits per heavy atom. The molecule has 2 aromatic rings. The van der Waals surface area contributed by atoms with E-state index in [1.165, 1.54) is 9.87 Å². The van der Waals surface area contributed by atoms with Gasteiger partial charge in [-0.05, 0) is 30.0 Å². The van der Waals surface area contributed by atoms with Crippen LogP contribution in [0.4, 0.5) is 0 Å². The van der Waals surface area contributed by atoms with Crippen LogP contribution in [0.2, 0.25) is 0 Å². The first kappa shape index (κ1) is 16.7. The average Bonchev–Trinajstić information content (AvgIpc) is 2.56. The lowest BCUT2D eigenvalue weighted by molar-refractivity contribution is 0.423. The van der Waals surface area contributed by atoms with E-state index in [1.54, 1.807) is 31.3 Å². The topological polar surface area (TPSA) is 37.4 Å². The molecule has 0 saturated carbocycles. The molecule has 118 valence electrons. The van der Waals surface area contributed by atoms with Gasteiger partial charge in [0.15, 0.2) is 0 Å². The summed E-state index contributed by atoms with van der Waals surface area (Å²) in [6.45, 7) is 2.62. The van der Waals surface area contributed by atoms with Gasteiger partial charge in [-0.3, -0.25) is 0 Å². The predicted octanol–water partition coefficient (Wildman–Crippen LogP) is 3.89. The van der Waals surface area contributed by atoms with Crippen molar-refractivity contribution in [3.8, 4) is 0 Å². The van der Waals surface area contributed by atoms with E-state index in [2.05, 4.69) is 19.1 Å². The first-order valence-corrected chi connectivity index (χ1v) is 9.06. The monoisotopic (exact) mass is 317 g/mol. The van der Waals surface area contributed by atoms with Crippen LogP contribution in [0.15, 0.2) is 65.6 Å². The fourth-order valence-electron chi connectivity index (χ4n) is 2.62. The highest BCUT2D eigenvalue weighted by molar-refractivity contribution is 7.89. The molecule has 1 atom stereocenters. The van der Waals surface area contributed by atoms with Crippen molar-refractivity contribution in [3.63, 3.8) is 0 Å². The molecule has 0 amide bonds. The van der Waals surface area contributed by atoms with Crippen LogP contribution in [-0.2, 0) is 10.0 Å².